The van der Waals surface area contributed by atoms with Crippen molar-refractivity contribution in [2.45, 2.75) is 51.0 Å². The molecule has 3 rings (SSSR count). The second-order valence-electron chi connectivity index (χ2n) is 6.81. The monoisotopic (exact) mass is 355 g/mol. The van der Waals surface area contributed by atoms with E-state index in [9.17, 15) is 14.4 Å². The summed E-state index contributed by atoms with van der Waals surface area (Å²) in [5.74, 6) is -0.678. The molecule has 0 saturated carbocycles. The lowest BCUT2D eigenvalue weighted by atomic mass is 9.97. The molecule has 6 nitrogen and oxygen atoms in total. The molecule has 0 spiro atoms. The average Bonchev–Trinajstić information content (AvgIpc) is 2.77. The van der Waals surface area contributed by atoms with Gasteiger partial charge in [0.2, 0.25) is 11.8 Å². The highest BCUT2D eigenvalue weighted by atomic mass is 16.2. The van der Waals surface area contributed by atoms with Gasteiger partial charge in [0.05, 0.1) is 11.3 Å². The number of para-hydroxylation sites is 1. The molecule has 6 heteroatoms. The Hall–Kier alpha value is -2.63. The van der Waals surface area contributed by atoms with Gasteiger partial charge < -0.3 is 16.0 Å². The van der Waals surface area contributed by atoms with Crippen molar-refractivity contribution in [3.63, 3.8) is 0 Å². The molecule has 0 aromatic heterocycles. The summed E-state index contributed by atoms with van der Waals surface area (Å²) in [7, 11) is 0. The molecule has 1 aliphatic heterocycles. The Morgan fingerprint density at radius 3 is 2.85 bits per heavy atom. The molecule has 0 radical (unpaired) electrons. The first-order valence-corrected chi connectivity index (χ1v) is 9.29. The largest absolute Gasteiger partial charge is 0.356 e. The van der Waals surface area contributed by atoms with E-state index in [-0.39, 0.29) is 30.6 Å². The van der Waals surface area contributed by atoms with E-state index in [1.165, 1.54) is 18.4 Å². The second kappa shape index (κ2) is 8.65. The maximum atomic E-state index is 12.3. The first kappa shape index (κ1) is 18.2. The van der Waals surface area contributed by atoms with E-state index < -0.39 is 6.04 Å². The summed E-state index contributed by atoms with van der Waals surface area (Å²) in [5, 5.41) is 8.36. The summed E-state index contributed by atoms with van der Waals surface area (Å²) in [6.07, 6.45) is 8.41. The molecule has 3 N–H and O–H groups in total. The van der Waals surface area contributed by atoms with Gasteiger partial charge in [-0.05, 0) is 50.7 Å². The molecular weight excluding hydrogens is 330 g/mol. The molecule has 2 aliphatic rings. The van der Waals surface area contributed by atoms with Crippen LogP contribution < -0.4 is 16.0 Å². The van der Waals surface area contributed by atoms with Gasteiger partial charge in [0.25, 0.3) is 5.91 Å². The first-order chi connectivity index (χ1) is 12.6. The number of hydrogen-bond acceptors (Lipinski definition) is 3. The lowest BCUT2D eigenvalue weighted by Gasteiger charge is -2.15. The molecule has 0 saturated heterocycles. The van der Waals surface area contributed by atoms with Crippen LogP contribution in [0.1, 0.15) is 55.3 Å². The Balaban J connectivity index is 1.45. The van der Waals surface area contributed by atoms with Gasteiger partial charge in [-0.15, -0.1) is 0 Å². The third kappa shape index (κ3) is 4.71. The highest BCUT2D eigenvalue weighted by molar-refractivity contribution is 6.09. The topological polar surface area (TPSA) is 87.3 Å². The number of fused-ring (bicyclic) bond motifs is 1. The van der Waals surface area contributed by atoms with Gasteiger partial charge in [0.1, 0.15) is 6.04 Å². The van der Waals surface area contributed by atoms with Gasteiger partial charge in [0, 0.05) is 13.0 Å². The number of allylic oxidation sites excluding steroid dienone is 1. The summed E-state index contributed by atoms with van der Waals surface area (Å²) >= 11 is 0. The Morgan fingerprint density at radius 1 is 1.19 bits per heavy atom. The molecule has 138 valence electrons. The lowest BCUT2D eigenvalue weighted by molar-refractivity contribution is -0.121. The van der Waals surface area contributed by atoms with Gasteiger partial charge >= 0.3 is 0 Å². The van der Waals surface area contributed by atoms with Gasteiger partial charge in [-0.25, -0.2) is 0 Å². The SMILES string of the molecule is O=C(CC[C@H]1NC(=O)c2ccccc2NC1=O)NCCC1=CCCCC1. The Morgan fingerprint density at radius 2 is 2.04 bits per heavy atom. The zero-order chi connectivity index (χ0) is 18.4. The molecule has 0 bridgehead atoms. The number of carbonyl (C=O) groups excluding carboxylic acids is 3. The van der Waals surface area contributed by atoms with Gasteiger partial charge in [-0.3, -0.25) is 14.4 Å². The van der Waals surface area contributed by atoms with E-state index >= 15 is 0 Å². The van der Waals surface area contributed by atoms with E-state index in [2.05, 4.69) is 22.0 Å². The molecule has 3 amide bonds. The minimum atomic E-state index is -0.707. The van der Waals surface area contributed by atoms with Crippen molar-refractivity contribution in [1.82, 2.24) is 10.6 Å². The standard InChI is InChI=1S/C20H25N3O3/c24-18(21-13-12-14-6-2-1-3-7-14)11-10-17-20(26)22-16-9-5-4-8-15(16)19(25)23-17/h4-6,8-9,17H,1-3,7,10-13H2,(H,21,24)(H,22,26)(H,23,25)/t17-/m1/s1. The van der Waals surface area contributed by atoms with Crippen molar-refractivity contribution in [1.29, 1.82) is 0 Å². The van der Waals surface area contributed by atoms with E-state index in [4.69, 9.17) is 0 Å². The number of benzene rings is 1. The summed E-state index contributed by atoms with van der Waals surface area (Å²) in [4.78, 5) is 36.6. The third-order valence-electron chi connectivity index (χ3n) is 4.86. The van der Waals surface area contributed by atoms with Crippen molar-refractivity contribution in [3.05, 3.63) is 41.5 Å². The van der Waals surface area contributed by atoms with Crippen LogP contribution in [0.5, 0.6) is 0 Å². The minimum Gasteiger partial charge on any atom is -0.356 e. The maximum Gasteiger partial charge on any atom is 0.254 e. The zero-order valence-corrected chi connectivity index (χ0v) is 14.8. The Bertz CT molecular complexity index is 727. The lowest BCUT2D eigenvalue weighted by Crippen LogP contribution is -2.42. The molecular formula is C20H25N3O3. The average molecular weight is 355 g/mol. The number of anilines is 1. The third-order valence-corrected chi connectivity index (χ3v) is 4.86. The number of rotatable bonds is 6. The van der Waals surface area contributed by atoms with Crippen molar-refractivity contribution in [2.24, 2.45) is 0 Å². The van der Waals surface area contributed by atoms with E-state index in [0.29, 0.717) is 17.8 Å². The van der Waals surface area contributed by atoms with Crippen molar-refractivity contribution in [3.8, 4) is 0 Å². The van der Waals surface area contributed by atoms with Gasteiger partial charge in [-0.1, -0.05) is 23.8 Å². The van der Waals surface area contributed by atoms with E-state index in [1.807, 2.05) is 0 Å². The van der Waals surface area contributed by atoms with E-state index in [0.717, 1.165) is 19.3 Å². The van der Waals surface area contributed by atoms with Crippen molar-refractivity contribution < 1.29 is 14.4 Å². The fourth-order valence-electron chi connectivity index (χ4n) is 3.37. The van der Waals surface area contributed by atoms with Crippen molar-refractivity contribution >= 4 is 23.4 Å². The first-order valence-electron chi connectivity index (χ1n) is 9.29. The zero-order valence-electron chi connectivity index (χ0n) is 14.8. The number of hydrogen-bond donors (Lipinski definition) is 3. The van der Waals surface area contributed by atoms with Crippen LogP contribution in [0, 0.1) is 0 Å². The van der Waals surface area contributed by atoms with Crippen LogP contribution in [0.4, 0.5) is 5.69 Å². The quantitative estimate of drug-likeness (QED) is 0.685. The van der Waals surface area contributed by atoms with Crippen LogP contribution in [-0.2, 0) is 9.59 Å². The minimum absolute atomic E-state index is 0.0924. The predicted octanol–water partition coefficient (Wildman–Crippen LogP) is 2.52. The molecule has 0 unspecified atom stereocenters. The fourth-order valence-corrected chi connectivity index (χ4v) is 3.37. The summed E-state index contributed by atoms with van der Waals surface area (Å²) in [5.41, 5.74) is 2.36. The molecule has 26 heavy (non-hydrogen) atoms. The highest BCUT2D eigenvalue weighted by Gasteiger charge is 2.27. The summed E-state index contributed by atoms with van der Waals surface area (Å²) in [6, 6.07) is 6.17. The van der Waals surface area contributed by atoms with E-state index in [1.54, 1.807) is 24.3 Å². The molecule has 1 aromatic carbocycles. The van der Waals surface area contributed by atoms with Crippen LogP contribution >= 0.6 is 0 Å². The molecule has 1 aliphatic carbocycles. The van der Waals surface area contributed by atoms with Crippen LogP contribution in [-0.4, -0.2) is 30.3 Å². The van der Waals surface area contributed by atoms with Crippen LogP contribution in [0.3, 0.4) is 0 Å². The smallest absolute Gasteiger partial charge is 0.254 e. The molecule has 1 atom stereocenters. The maximum absolute atomic E-state index is 12.3. The van der Waals surface area contributed by atoms with Gasteiger partial charge in [-0.2, -0.15) is 0 Å². The van der Waals surface area contributed by atoms with Crippen molar-refractivity contribution in [2.75, 3.05) is 11.9 Å². The number of nitrogens with one attached hydrogen (secondary N) is 3. The number of carbonyl (C=O) groups is 3. The molecule has 1 heterocycles. The Labute approximate surface area is 153 Å². The normalized spacial score (nSPS) is 19.5. The summed E-state index contributed by atoms with van der Waals surface area (Å²) in [6.45, 7) is 0.624. The second-order valence-corrected chi connectivity index (χ2v) is 6.81. The van der Waals surface area contributed by atoms with Crippen LogP contribution in [0.15, 0.2) is 35.9 Å². The van der Waals surface area contributed by atoms with Crippen LogP contribution in [0.2, 0.25) is 0 Å². The fraction of sp³-hybridized carbons (Fsp3) is 0.450. The predicted molar refractivity (Wildman–Crippen MR) is 99.7 cm³/mol. The Kier molecular flexibility index (Phi) is 6.04. The van der Waals surface area contributed by atoms with Gasteiger partial charge in [0.15, 0.2) is 0 Å². The molecule has 1 aromatic rings. The number of amides is 3. The summed E-state index contributed by atoms with van der Waals surface area (Å²) < 4.78 is 0. The highest BCUT2D eigenvalue weighted by Crippen LogP contribution is 2.20. The molecule has 0 fully saturated rings. The van der Waals surface area contributed by atoms with Crippen LogP contribution in [0.25, 0.3) is 0 Å².